The highest BCUT2D eigenvalue weighted by Crippen LogP contribution is 2.45. The predicted molar refractivity (Wildman–Crippen MR) is 132 cm³/mol. The third kappa shape index (κ3) is 4.32. The summed E-state index contributed by atoms with van der Waals surface area (Å²) in [6.07, 6.45) is 1.98. The fourth-order valence-corrected chi connectivity index (χ4v) is 6.38. The predicted octanol–water partition coefficient (Wildman–Crippen LogP) is 6.22. The van der Waals surface area contributed by atoms with Crippen LogP contribution in [0.4, 0.5) is 22.0 Å². The fourth-order valence-electron chi connectivity index (χ4n) is 5.70. The maximum absolute atomic E-state index is 14.5. The van der Waals surface area contributed by atoms with E-state index in [-0.39, 0.29) is 16.2 Å². The van der Waals surface area contributed by atoms with E-state index in [4.69, 9.17) is 4.74 Å². The van der Waals surface area contributed by atoms with Gasteiger partial charge in [-0.2, -0.15) is 0 Å². The number of piperidine rings is 3. The maximum Gasteiger partial charge on any atom is 0.200 e. The lowest BCUT2D eigenvalue weighted by Crippen LogP contribution is -2.54. The van der Waals surface area contributed by atoms with Crippen LogP contribution >= 0.6 is 15.9 Å². The summed E-state index contributed by atoms with van der Waals surface area (Å²) in [4.78, 5) is 6.67. The molecule has 4 heterocycles. The summed E-state index contributed by atoms with van der Waals surface area (Å²) in [5, 5.41) is 12.3. The summed E-state index contributed by atoms with van der Waals surface area (Å²) in [5.74, 6) is -8.85. The lowest BCUT2D eigenvalue weighted by Gasteiger charge is -2.50. The van der Waals surface area contributed by atoms with E-state index in [1.807, 2.05) is 6.08 Å². The molecule has 3 fully saturated rings. The Morgan fingerprint density at radius 3 is 2.43 bits per heavy atom. The molecule has 0 radical (unpaired) electrons. The van der Waals surface area contributed by atoms with E-state index >= 15 is 0 Å². The van der Waals surface area contributed by atoms with Crippen LogP contribution in [-0.4, -0.2) is 41.2 Å². The van der Waals surface area contributed by atoms with Crippen molar-refractivity contribution in [2.75, 3.05) is 20.2 Å². The SMILES string of the molecule is C=C[C@H]1CN2CCC1C[C@H]2[C@H](O)c1c(Br)c(Cc2c(F)c(F)c(F)c(F)c2F)nc2ccc(OC)cc12. The van der Waals surface area contributed by atoms with Crippen LogP contribution in [0.25, 0.3) is 10.9 Å². The minimum absolute atomic E-state index is 0.0369. The molecular weight excluding hydrogens is 559 g/mol. The van der Waals surface area contributed by atoms with E-state index in [1.165, 1.54) is 7.11 Å². The molecule has 5 atom stereocenters. The van der Waals surface area contributed by atoms with Gasteiger partial charge in [-0.1, -0.05) is 6.08 Å². The molecule has 3 aromatic rings. The third-order valence-electron chi connectivity index (χ3n) is 7.70. The number of methoxy groups -OCH3 is 1. The third-order valence-corrected chi connectivity index (χ3v) is 8.58. The van der Waals surface area contributed by atoms with Crippen LogP contribution in [0, 0.1) is 40.9 Å². The summed E-state index contributed by atoms with van der Waals surface area (Å²) in [7, 11) is 1.50. The smallest absolute Gasteiger partial charge is 0.200 e. The van der Waals surface area contributed by atoms with Gasteiger partial charge in [0.1, 0.15) is 5.75 Å². The van der Waals surface area contributed by atoms with Crippen molar-refractivity contribution in [2.45, 2.75) is 31.4 Å². The molecule has 1 aromatic heterocycles. The van der Waals surface area contributed by atoms with Gasteiger partial charge in [-0.3, -0.25) is 9.88 Å². The molecule has 4 nitrogen and oxygen atoms in total. The lowest BCUT2D eigenvalue weighted by atomic mass is 9.73. The van der Waals surface area contributed by atoms with Crippen molar-refractivity contribution >= 4 is 26.8 Å². The van der Waals surface area contributed by atoms with Crippen molar-refractivity contribution in [3.63, 3.8) is 0 Å². The molecule has 2 bridgehead atoms. The molecule has 0 spiro atoms. The number of hydrogen-bond acceptors (Lipinski definition) is 4. The maximum atomic E-state index is 14.5. The van der Waals surface area contributed by atoms with Crippen LogP contribution in [0.2, 0.25) is 0 Å². The van der Waals surface area contributed by atoms with Gasteiger partial charge in [-0.25, -0.2) is 22.0 Å². The van der Waals surface area contributed by atoms with Gasteiger partial charge in [0.2, 0.25) is 5.82 Å². The first-order valence-electron chi connectivity index (χ1n) is 11.9. The first-order chi connectivity index (χ1) is 17.7. The van der Waals surface area contributed by atoms with Crippen molar-refractivity contribution in [3.05, 3.63) is 81.2 Å². The summed E-state index contributed by atoms with van der Waals surface area (Å²) >= 11 is 3.45. The van der Waals surface area contributed by atoms with Crippen molar-refractivity contribution < 1.29 is 31.8 Å². The lowest BCUT2D eigenvalue weighted by molar-refractivity contribution is -0.0447. The molecule has 3 saturated heterocycles. The zero-order chi connectivity index (χ0) is 26.6. The highest BCUT2D eigenvalue weighted by Gasteiger charge is 2.43. The van der Waals surface area contributed by atoms with Gasteiger partial charge in [0.25, 0.3) is 0 Å². The number of ether oxygens (including phenoxy) is 1. The zero-order valence-electron chi connectivity index (χ0n) is 19.9. The molecule has 1 N–H and O–H groups in total. The Kier molecular flexibility index (Phi) is 7.02. The highest BCUT2D eigenvalue weighted by molar-refractivity contribution is 9.10. The van der Waals surface area contributed by atoms with Crippen molar-refractivity contribution in [1.29, 1.82) is 0 Å². The van der Waals surface area contributed by atoms with E-state index in [1.54, 1.807) is 18.2 Å². The molecular formula is C27H24BrF5N2O2. The fraction of sp³-hybridized carbons (Fsp3) is 0.370. The summed E-state index contributed by atoms with van der Waals surface area (Å²) in [6, 6.07) is 4.74. The molecule has 6 rings (SSSR count). The Morgan fingerprint density at radius 1 is 1.16 bits per heavy atom. The van der Waals surface area contributed by atoms with Gasteiger partial charge in [0.05, 0.1) is 24.4 Å². The standard InChI is InChI=1S/C27H24BrF5N2O2/c1-3-12-11-35-7-6-13(12)8-19(35)27(36)20-15-9-14(37-2)4-5-17(15)34-18(21(20)28)10-16-22(29)24(31)26(33)25(32)23(16)30/h3-5,9,12-13,19,27,36H,1,6-8,10-11H2,2H3/t12-,13?,19-,27-/m0/s1. The Balaban J connectivity index is 1.64. The summed E-state index contributed by atoms with van der Waals surface area (Å²) < 4.78 is 76.0. The van der Waals surface area contributed by atoms with Crippen LogP contribution in [0.15, 0.2) is 35.3 Å². The summed E-state index contributed by atoms with van der Waals surface area (Å²) in [6.45, 7) is 5.51. The van der Waals surface area contributed by atoms with E-state index in [0.717, 1.165) is 25.9 Å². The number of fused-ring (bicyclic) bond motifs is 4. The van der Waals surface area contributed by atoms with Crippen LogP contribution in [0.1, 0.15) is 35.8 Å². The molecule has 2 aromatic carbocycles. The molecule has 196 valence electrons. The number of aliphatic hydroxyl groups is 1. The number of pyridine rings is 1. The Morgan fingerprint density at radius 2 is 1.84 bits per heavy atom. The van der Waals surface area contributed by atoms with Gasteiger partial charge in [0, 0.05) is 40.0 Å². The van der Waals surface area contributed by atoms with E-state index in [9.17, 15) is 27.1 Å². The number of aromatic nitrogens is 1. The Labute approximate surface area is 218 Å². The van der Waals surface area contributed by atoms with Crippen molar-refractivity contribution in [3.8, 4) is 5.75 Å². The molecule has 37 heavy (non-hydrogen) atoms. The second-order valence-corrected chi connectivity index (χ2v) is 10.4. The number of hydrogen-bond donors (Lipinski definition) is 1. The number of rotatable bonds is 6. The number of benzene rings is 2. The normalized spacial score (nSPS) is 23.9. The van der Waals surface area contributed by atoms with E-state index < -0.39 is 47.2 Å². The molecule has 3 aliphatic heterocycles. The second kappa shape index (κ2) is 9.96. The van der Waals surface area contributed by atoms with Crippen molar-refractivity contribution in [1.82, 2.24) is 9.88 Å². The first-order valence-corrected chi connectivity index (χ1v) is 12.7. The van der Waals surface area contributed by atoms with Crippen LogP contribution in [0.5, 0.6) is 5.75 Å². The largest absolute Gasteiger partial charge is 0.497 e. The van der Waals surface area contributed by atoms with Gasteiger partial charge in [-0.15, -0.1) is 6.58 Å². The van der Waals surface area contributed by atoms with E-state index in [2.05, 4.69) is 32.4 Å². The van der Waals surface area contributed by atoms with Crippen LogP contribution in [0.3, 0.4) is 0 Å². The van der Waals surface area contributed by atoms with Gasteiger partial charge >= 0.3 is 0 Å². The quantitative estimate of drug-likeness (QED) is 0.162. The number of nitrogens with zero attached hydrogens (tertiary/aromatic N) is 2. The van der Waals surface area contributed by atoms with Gasteiger partial charge < -0.3 is 9.84 Å². The second-order valence-electron chi connectivity index (χ2n) is 9.59. The van der Waals surface area contributed by atoms with Crippen LogP contribution < -0.4 is 4.74 Å². The molecule has 0 amide bonds. The van der Waals surface area contributed by atoms with Crippen LogP contribution in [-0.2, 0) is 6.42 Å². The number of halogens is 6. The average molecular weight is 583 g/mol. The Bertz CT molecular complexity index is 1370. The highest BCUT2D eigenvalue weighted by atomic mass is 79.9. The topological polar surface area (TPSA) is 45.6 Å². The Hall–Kier alpha value is -2.56. The minimum atomic E-state index is -2.22. The molecule has 0 aliphatic carbocycles. The number of aliphatic hydroxyl groups excluding tert-OH is 1. The zero-order valence-corrected chi connectivity index (χ0v) is 21.5. The molecule has 3 aliphatic rings. The average Bonchev–Trinajstić information content (AvgIpc) is 2.92. The van der Waals surface area contributed by atoms with E-state index in [0.29, 0.717) is 34.1 Å². The monoisotopic (exact) mass is 582 g/mol. The minimum Gasteiger partial charge on any atom is -0.497 e. The molecule has 2 unspecified atom stereocenters. The van der Waals surface area contributed by atoms with Gasteiger partial charge in [-0.05, 0) is 65.4 Å². The molecule has 10 heteroatoms. The molecule has 0 saturated carbocycles. The first kappa shape index (κ1) is 26.1. The van der Waals surface area contributed by atoms with Gasteiger partial charge in [0.15, 0.2) is 23.3 Å². The summed E-state index contributed by atoms with van der Waals surface area (Å²) in [5.41, 5.74) is -0.144. The van der Waals surface area contributed by atoms with Crippen molar-refractivity contribution in [2.24, 2.45) is 11.8 Å².